The van der Waals surface area contributed by atoms with Crippen molar-refractivity contribution in [3.8, 4) is 0 Å². The second-order valence-corrected chi connectivity index (χ2v) is 5.46. The molecule has 2 nitrogen and oxygen atoms in total. The van der Waals surface area contributed by atoms with Gasteiger partial charge in [-0.15, -0.1) is 11.3 Å². The average Bonchev–Trinajstić information content (AvgIpc) is 2.86. The third-order valence-corrected chi connectivity index (χ3v) is 3.95. The number of nitrogens with zero attached hydrogens (tertiary/aromatic N) is 1. The van der Waals surface area contributed by atoms with Gasteiger partial charge in [0.2, 0.25) is 0 Å². The summed E-state index contributed by atoms with van der Waals surface area (Å²) in [6.45, 7) is 3.95. The van der Waals surface area contributed by atoms with E-state index in [1.54, 1.807) is 0 Å². The summed E-state index contributed by atoms with van der Waals surface area (Å²) in [7, 11) is 0. The highest BCUT2D eigenvalue weighted by Crippen LogP contribution is 2.49. The zero-order valence-corrected chi connectivity index (χ0v) is 9.93. The molecular formula is C10H13F3N2S. The molecule has 0 spiro atoms. The predicted molar refractivity (Wildman–Crippen MR) is 56.4 cm³/mol. The summed E-state index contributed by atoms with van der Waals surface area (Å²) < 4.78 is 37.9. The molecule has 6 heteroatoms. The van der Waals surface area contributed by atoms with Crippen LogP contribution in [-0.2, 0) is 6.54 Å². The van der Waals surface area contributed by atoms with Crippen molar-refractivity contribution in [1.82, 2.24) is 10.3 Å². The highest BCUT2D eigenvalue weighted by Gasteiger charge is 2.62. The van der Waals surface area contributed by atoms with Crippen LogP contribution in [0.3, 0.4) is 0 Å². The van der Waals surface area contributed by atoms with Gasteiger partial charge >= 0.3 is 6.18 Å². The quantitative estimate of drug-likeness (QED) is 0.892. The minimum Gasteiger partial charge on any atom is -0.299 e. The zero-order chi connectivity index (χ0) is 12.0. The Kier molecular flexibility index (Phi) is 2.74. The van der Waals surface area contributed by atoms with Crippen LogP contribution in [0.5, 0.6) is 0 Å². The smallest absolute Gasteiger partial charge is 0.299 e. The van der Waals surface area contributed by atoms with Crippen molar-refractivity contribution < 1.29 is 13.2 Å². The number of hydrogen-bond donors (Lipinski definition) is 1. The van der Waals surface area contributed by atoms with E-state index in [0.717, 1.165) is 15.6 Å². The Morgan fingerprint density at radius 2 is 2.00 bits per heavy atom. The van der Waals surface area contributed by atoms with Crippen molar-refractivity contribution in [3.05, 3.63) is 15.6 Å². The summed E-state index contributed by atoms with van der Waals surface area (Å²) in [4.78, 5) is 5.09. The third kappa shape index (κ3) is 2.08. The topological polar surface area (TPSA) is 24.9 Å². The van der Waals surface area contributed by atoms with Gasteiger partial charge in [0, 0.05) is 11.4 Å². The number of halogens is 3. The Balaban J connectivity index is 2.01. The lowest BCUT2D eigenvalue weighted by molar-refractivity contribution is -0.166. The molecule has 1 aromatic heterocycles. The summed E-state index contributed by atoms with van der Waals surface area (Å²) in [6, 6.07) is 0. The summed E-state index contributed by atoms with van der Waals surface area (Å²) in [5.41, 5.74) is -0.801. The third-order valence-electron chi connectivity index (χ3n) is 2.88. The monoisotopic (exact) mass is 250 g/mol. The molecule has 0 radical (unpaired) electrons. The van der Waals surface area contributed by atoms with E-state index in [2.05, 4.69) is 10.3 Å². The lowest BCUT2D eigenvalue weighted by Gasteiger charge is -2.20. The molecular weight excluding hydrogens is 237 g/mol. The number of alkyl halides is 3. The van der Waals surface area contributed by atoms with Crippen molar-refractivity contribution in [1.29, 1.82) is 0 Å². The van der Waals surface area contributed by atoms with E-state index in [9.17, 15) is 13.2 Å². The second kappa shape index (κ2) is 3.70. The summed E-state index contributed by atoms with van der Waals surface area (Å²) >= 11 is 1.45. The van der Waals surface area contributed by atoms with Crippen LogP contribution in [0.2, 0.25) is 0 Å². The van der Waals surface area contributed by atoms with Crippen LogP contribution in [0.1, 0.15) is 28.4 Å². The maximum atomic E-state index is 12.6. The number of aryl methyl sites for hydroxylation is 2. The molecule has 0 unspecified atom stereocenters. The van der Waals surface area contributed by atoms with Crippen LogP contribution >= 0.6 is 11.3 Å². The SMILES string of the molecule is Cc1nc(C)c(CNC2(C(F)(F)F)CC2)s1. The molecule has 0 saturated heterocycles. The molecule has 1 aromatic rings. The largest absolute Gasteiger partial charge is 0.406 e. The first-order valence-electron chi connectivity index (χ1n) is 5.09. The van der Waals surface area contributed by atoms with E-state index < -0.39 is 11.7 Å². The highest BCUT2D eigenvalue weighted by atomic mass is 32.1. The van der Waals surface area contributed by atoms with Gasteiger partial charge in [-0.1, -0.05) is 0 Å². The second-order valence-electron chi connectivity index (χ2n) is 4.17. The van der Waals surface area contributed by atoms with Gasteiger partial charge in [0.25, 0.3) is 0 Å². The standard InChI is InChI=1S/C10H13F3N2S/c1-6-8(16-7(2)15-6)5-14-9(3-4-9)10(11,12)13/h14H,3-5H2,1-2H3. The van der Waals surface area contributed by atoms with Gasteiger partial charge in [-0.05, 0) is 26.7 Å². The number of aromatic nitrogens is 1. The van der Waals surface area contributed by atoms with Gasteiger partial charge < -0.3 is 0 Å². The van der Waals surface area contributed by atoms with Crippen molar-refractivity contribution >= 4 is 11.3 Å². The van der Waals surface area contributed by atoms with E-state index in [1.165, 1.54) is 11.3 Å². The minimum atomic E-state index is -4.14. The molecule has 16 heavy (non-hydrogen) atoms. The molecule has 90 valence electrons. The van der Waals surface area contributed by atoms with E-state index in [4.69, 9.17) is 0 Å². The number of hydrogen-bond acceptors (Lipinski definition) is 3. The molecule has 0 amide bonds. The molecule has 1 saturated carbocycles. The fourth-order valence-corrected chi connectivity index (χ4v) is 2.55. The van der Waals surface area contributed by atoms with Crippen LogP contribution < -0.4 is 5.32 Å². The summed E-state index contributed by atoms with van der Waals surface area (Å²) in [5, 5.41) is 3.52. The van der Waals surface area contributed by atoms with E-state index >= 15 is 0 Å². The number of rotatable bonds is 3. The molecule has 2 rings (SSSR count). The van der Waals surface area contributed by atoms with Gasteiger partial charge in [-0.2, -0.15) is 13.2 Å². The van der Waals surface area contributed by atoms with Crippen LogP contribution in [-0.4, -0.2) is 16.7 Å². The molecule has 0 atom stereocenters. The van der Waals surface area contributed by atoms with E-state index in [-0.39, 0.29) is 19.4 Å². The Hall–Kier alpha value is -0.620. The van der Waals surface area contributed by atoms with Gasteiger partial charge in [0.05, 0.1) is 10.7 Å². The Morgan fingerprint density at radius 1 is 1.38 bits per heavy atom. The first-order valence-corrected chi connectivity index (χ1v) is 5.90. The molecule has 1 aliphatic carbocycles. The summed E-state index contributed by atoms with van der Waals surface area (Å²) in [6.07, 6.45) is -3.76. The first kappa shape index (κ1) is 11.9. The molecule has 0 aliphatic heterocycles. The number of thiazole rings is 1. The van der Waals surface area contributed by atoms with Crippen LogP contribution in [0.25, 0.3) is 0 Å². The molecule has 0 aromatic carbocycles. The molecule has 1 heterocycles. The van der Waals surface area contributed by atoms with Gasteiger partial charge in [0.1, 0.15) is 5.54 Å². The van der Waals surface area contributed by atoms with E-state index in [1.807, 2.05) is 13.8 Å². The Labute approximate surface area is 95.9 Å². The zero-order valence-electron chi connectivity index (χ0n) is 9.11. The molecule has 1 aliphatic rings. The highest BCUT2D eigenvalue weighted by molar-refractivity contribution is 7.11. The maximum absolute atomic E-state index is 12.6. The number of nitrogens with one attached hydrogen (secondary N) is 1. The maximum Gasteiger partial charge on any atom is 0.406 e. The predicted octanol–water partition coefficient (Wildman–Crippen LogP) is 2.94. The lowest BCUT2D eigenvalue weighted by Crippen LogP contribution is -2.44. The van der Waals surface area contributed by atoms with Gasteiger partial charge in [-0.25, -0.2) is 4.98 Å². The van der Waals surface area contributed by atoms with Crippen LogP contribution in [0.15, 0.2) is 0 Å². The molecule has 1 fully saturated rings. The Morgan fingerprint density at radius 3 is 2.38 bits per heavy atom. The van der Waals surface area contributed by atoms with Crippen molar-refractivity contribution in [2.24, 2.45) is 0 Å². The molecule has 1 N–H and O–H groups in total. The fourth-order valence-electron chi connectivity index (χ4n) is 1.67. The normalized spacial score (nSPS) is 18.8. The van der Waals surface area contributed by atoms with Crippen molar-refractivity contribution in [2.45, 2.75) is 44.9 Å². The minimum absolute atomic E-state index is 0.188. The first-order chi connectivity index (χ1) is 7.34. The molecule has 0 bridgehead atoms. The van der Waals surface area contributed by atoms with Gasteiger partial charge in [-0.3, -0.25) is 5.32 Å². The van der Waals surface area contributed by atoms with E-state index in [0.29, 0.717) is 0 Å². The van der Waals surface area contributed by atoms with Gasteiger partial charge in [0.15, 0.2) is 0 Å². The van der Waals surface area contributed by atoms with Crippen LogP contribution in [0, 0.1) is 13.8 Å². The Bertz CT molecular complexity index is 393. The van der Waals surface area contributed by atoms with Crippen LogP contribution in [0.4, 0.5) is 13.2 Å². The lowest BCUT2D eigenvalue weighted by atomic mass is 10.2. The summed E-state index contributed by atoms with van der Waals surface area (Å²) in [5.74, 6) is 0. The average molecular weight is 250 g/mol. The van der Waals surface area contributed by atoms with Crippen molar-refractivity contribution in [3.63, 3.8) is 0 Å². The van der Waals surface area contributed by atoms with Crippen molar-refractivity contribution in [2.75, 3.05) is 0 Å². The fraction of sp³-hybridized carbons (Fsp3) is 0.700.